The third kappa shape index (κ3) is 2.11. The molecule has 16 heavy (non-hydrogen) atoms. The Morgan fingerprint density at radius 3 is 2.56 bits per heavy atom. The van der Waals surface area contributed by atoms with Gasteiger partial charge in [-0.05, 0) is 25.2 Å². The van der Waals surface area contributed by atoms with Gasteiger partial charge >= 0.3 is 0 Å². The molecule has 0 atom stereocenters. The van der Waals surface area contributed by atoms with E-state index in [4.69, 9.17) is 0 Å². The maximum atomic E-state index is 14.1. The quantitative estimate of drug-likeness (QED) is 0.795. The topological polar surface area (TPSA) is 20.2 Å². The smallest absolute Gasteiger partial charge is 0.142 e. The zero-order chi connectivity index (χ0) is 11.6. The van der Waals surface area contributed by atoms with E-state index in [-0.39, 0.29) is 5.82 Å². The highest BCUT2D eigenvalue weighted by Gasteiger charge is 2.34. The van der Waals surface area contributed by atoms with Crippen molar-refractivity contribution in [2.24, 2.45) is 0 Å². The Hall–Kier alpha value is -0.540. The monoisotopic (exact) mass is 240 g/mol. The molecule has 1 fully saturated rings. The number of thioether (sulfide) groups is 1. The highest BCUT2D eigenvalue weighted by molar-refractivity contribution is 7.98. The summed E-state index contributed by atoms with van der Waals surface area (Å²) >= 11 is 1.39. The predicted molar refractivity (Wildman–Crippen MR) is 65.2 cm³/mol. The molecule has 1 aromatic carbocycles. The molecule has 0 heterocycles. The van der Waals surface area contributed by atoms with Gasteiger partial charge in [0.2, 0.25) is 0 Å². The zero-order valence-electron chi connectivity index (χ0n) is 9.50. The molecule has 0 aromatic heterocycles. The Bertz CT molecular complexity index is 372. The van der Waals surface area contributed by atoms with E-state index in [0.29, 0.717) is 23.3 Å². The second kappa shape index (κ2) is 4.76. The molecule has 0 spiro atoms. The first kappa shape index (κ1) is 11.9. The van der Waals surface area contributed by atoms with Crippen molar-refractivity contribution in [2.75, 3.05) is 6.26 Å². The van der Waals surface area contributed by atoms with Crippen molar-refractivity contribution >= 4 is 11.8 Å². The summed E-state index contributed by atoms with van der Waals surface area (Å²) < 4.78 is 14.1. The highest BCUT2D eigenvalue weighted by atomic mass is 32.2. The van der Waals surface area contributed by atoms with E-state index >= 15 is 0 Å². The molecule has 3 heteroatoms. The third-order valence-corrected chi connectivity index (χ3v) is 4.12. The van der Waals surface area contributed by atoms with Crippen LogP contribution < -0.4 is 0 Å². The van der Waals surface area contributed by atoms with Crippen LogP contribution in [0.2, 0.25) is 0 Å². The SMILES string of the molecule is CSc1cccc(C2(O)CCCCC2)c1F. The van der Waals surface area contributed by atoms with Gasteiger partial charge in [-0.25, -0.2) is 4.39 Å². The molecule has 0 saturated heterocycles. The largest absolute Gasteiger partial charge is 0.385 e. The minimum absolute atomic E-state index is 0.237. The van der Waals surface area contributed by atoms with Crippen molar-refractivity contribution in [3.8, 4) is 0 Å². The highest BCUT2D eigenvalue weighted by Crippen LogP contribution is 2.39. The van der Waals surface area contributed by atoms with Gasteiger partial charge in [-0.1, -0.05) is 31.4 Å². The van der Waals surface area contributed by atoms with Gasteiger partial charge in [0.1, 0.15) is 5.82 Å². The molecule has 1 N–H and O–H groups in total. The summed E-state index contributed by atoms with van der Waals surface area (Å²) in [5.74, 6) is -0.237. The molecule has 0 radical (unpaired) electrons. The Labute approximate surface area is 100 Å². The van der Waals surface area contributed by atoms with Crippen LogP contribution in [0.1, 0.15) is 37.7 Å². The average molecular weight is 240 g/mol. The van der Waals surface area contributed by atoms with Crippen LogP contribution in [0.25, 0.3) is 0 Å². The lowest BCUT2D eigenvalue weighted by Crippen LogP contribution is -2.29. The Kier molecular flexibility index (Phi) is 3.55. The van der Waals surface area contributed by atoms with Crippen molar-refractivity contribution in [3.05, 3.63) is 29.6 Å². The number of hydrogen-bond donors (Lipinski definition) is 1. The summed E-state index contributed by atoms with van der Waals surface area (Å²) in [5, 5.41) is 10.5. The summed E-state index contributed by atoms with van der Waals surface area (Å²) in [6, 6.07) is 5.31. The lowest BCUT2D eigenvalue weighted by molar-refractivity contribution is -0.00412. The van der Waals surface area contributed by atoms with Crippen LogP contribution in [-0.2, 0) is 5.60 Å². The van der Waals surface area contributed by atoms with E-state index in [0.717, 1.165) is 19.3 Å². The van der Waals surface area contributed by atoms with Crippen molar-refractivity contribution in [1.82, 2.24) is 0 Å². The Balaban J connectivity index is 2.38. The first-order valence-corrected chi connectivity index (χ1v) is 6.95. The van der Waals surface area contributed by atoms with Gasteiger partial charge < -0.3 is 5.11 Å². The van der Waals surface area contributed by atoms with Crippen molar-refractivity contribution in [2.45, 2.75) is 42.6 Å². The van der Waals surface area contributed by atoms with E-state index in [1.54, 1.807) is 12.1 Å². The lowest BCUT2D eigenvalue weighted by Gasteiger charge is -2.33. The molecule has 0 unspecified atom stereocenters. The molecule has 0 bridgehead atoms. The number of rotatable bonds is 2. The van der Waals surface area contributed by atoms with Crippen LogP contribution in [0.3, 0.4) is 0 Å². The number of hydrogen-bond acceptors (Lipinski definition) is 2. The van der Waals surface area contributed by atoms with Crippen LogP contribution in [0.5, 0.6) is 0 Å². The van der Waals surface area contributed by atoms with Gasteiger partial charge in [-0.2, -0.15) is 0 Å². The summed E-state index contributed by atoms with van der Waals surface area (Å²) in [7, 11) is 0. The average Bonchev–Trinajstić information content (AvgIpc) is 2.30. The van der Waals surface area contributed by atoms with Gasteiger partial charge in [0, 0.05) is 10.5 Å². The zero-order valence-corrected chi connectivity index (χ0v) is 10.3. The van der Waals surface area contributed by atoms with Crippen LogP contribution in [0.4, 0.5) is 4.39 Å². The number of benzene rings is 1. The van der Waals surface area contributed by atoms with E-state index in [1.165, 1.54) is 11.8 Å². The lowest BCUT2D eigenvalue weighted by atomic mass is 9.79. The summed E-state index contributed by atoms with van der Waals surface area (Å²) in [5.41, 5.74) is -0.451. The first-order chi connectivity index (χ1) is 7.67. The van der Waals surface area contributed by atoms with Crippen LogP contribution >= 0.6 is 11.8 Å². The fraction of sp³-hybridized carbons (Fsp3) is 0.538. The molecule has 1 aliphatic rings. The minimum Gasteiger partial charge on any atom is -0.385 e. The predicted octanol–water partition coefficient (Wildman–Crippen LogP) is 3.70. The number of halogens is 1. The summed E-state index contributed by atoms with van der Waals surface area (Å²) in [4.78, 5) is 0.622. The van der Waals surface area contributed by atoms with Crippen molar-refractivity contribution in [3.63, 3.8) is 0 Å². The molecular weight excluding hydrogens is 223 g/mol. The Morgan fingerprint density at radius 2 is 1.94 bits per heavy atom. The molecule has 1 aromatic rings. The van der Waals surface area contributed by atoms with Crippen LogP contribution in [0, 0.1) is 5.82 Å². The van der Waals surface area contributed by atoms with Crippen LogP contribution in [-0.4, -0.2) is 11.4 Å². The molecule has 0 aliphatic heterocycles. The fourth-order valence-corrected chi connectivity index (χ4v) is 2.94. The Morgan fingerprint density at radius 1 is 1.25 bits per heavy atom. The molecule has 88 valence electrons. The fourth-order valence-electron chi connectivity index (χ4n) is 2.43. The third-order valence-electron chi connectivity index (χ3n) is 3.37. The standard InChI is InChI=1S/C13H17FOS/c1-16-11-7-5-6-10(12(11)14)13(15)8-3-2-4-9-13/h5-7,15H,2-4,8-9H2,1H3. The van der Waals surface area contributed by atoms with Gasteiger partial charge in [0.25, 0.3) is 0 Å². The van der Waals surface area contributed by atoms with E-state index < -0.39 is 5.60 Å². The van der Waals surface area contributed by atoms with E-state index in [1.807, 2.05) is 12.3 Å². The van der Waals surface area contributed by atoms with Gasteiger partial charge in [0.05, 0.1) is 5.60 Å². The first-order valence-electron chi connectivity index (χ1n) is 5.73. The second-order valence-electron chi connectivity index (χ2n) is 4.41. The van der Waals surface area contributed by atoms with Gasteiger partial charge in [-0.3, -0.25) is 0 Å². The maximum Gasteiger partial charge on any atom is 0.142 e. The molecule has 1 saturated carbocycles. The maximum absolute atomic E-state index is 14.1. The molecular formula is C13H17FOS. The minimum atomic E-state index is -0.936. The van der Waals surface area contributed by atoms with Crippen molar-refractivity contribution < 1.29 is 9.50 Å². The molecule has 2 rings (SSSR count). The second-order valence-corrected chi connectivity index (χ2v) is 5.26. The van der Waals surface area contributed by atoms with Gasteiger partial charge in [0.15, 0.2) is 0 Å². The molecule has 1 nitrogen and oxygen atoms in total. The van der Waals surface area contributed by atoms with E-state index in [2.05, 4.69) is 0 Å². The molecule has 0 amide bonds. The number of aliphatic hydroxyl groups is 1. The molecule has 1 aliphatic carbocycles. The van der Waals surface area contributed by atoms with Gasteiger partial charge in [-0.15, -0.1) is 11.8 Å². The van der Waals surface area contributed by atoms with Crippen LogP contribution in [0.15, 0.2) is 23.1 Å². The summed E-state index contributed by atoms with van der Waals surface area (Å²) in [6.45, 7) is 0. The summed E-state index contributed by atoms with van der Waals surface area (Å²) in [6.07, 6.45) is 6.33. The normalized spacial score (nSPS) is 19.7. The van der Waals surface area contributed by atoms with E-state index in [9.17, 15) is 9.50 Å². The van der Waals surface area contributed by atoms with Crippen molar-refractivity contribution in [1.29, 1.82) is 0 Å².